The number of nitrogens with one attached hydrogen (secondary N) is 1. The molecule has 0 spiro atoms. The van der Waals surface area contributed by atoms with E-state index in [1.54, 1.807) is 24.4 Å². The quantitative estimate of drug-likeness (QED) is 0.771. The van der Waals surface area contributed by atoms with E-state index in [9.17, 15) is 4.79 Å². The van der Waals surface area contributed by atoms with Crippen molar-refractivity contribution < 1.29 is 9.53 Å². The fourth-order valence-electron chi connectivity index (χ4n) is 2.24. The van der Waals surface area contributed by atoms with Crippen LogP contribution >= 0.6 is 0 Å². The van der Waals surface area contributed by atoms with Crippen molar-refractivity contribution in [2.45, 2.75) is 0 Å². The van der Waals surface area contributed by atoms with Crippen LogP contribution in [0.1, 0.15) is 10.5 Å². The first-order chi connectivity index (χ1) is 11.7. The number of anilines is 2. The summed E-state index contributed by atoms with van der Waals surface area (Å²) >= 11 is 0. The van der Waals surface area contributed by atoms with Gasteiger partial charge in [0.2, 0.25) is 0 Å². The molecular formula is C18H16N4O2. The first-order valence-corrected chi connectivity index (χ1v) is 7.31. The minimum Gasteiger partial charge on any atom is -0.495 e. The van der Waals surface area contributed by atoms with Gasteiger partial charge in [0.1, 0.15) is 5.75 Å². The maximum absolute atomic E-state index is 12.5. The average molecular weight is 320 g/mol. The summed E-state index contributed by atoms with van der Waals surface area (Å²) in [6.07, 6.45) is 1.55. The van der Waals surface area contributed by atoms with Gasteiger partial charge in [0, 0.05) is 5.56 Å². The Hall–Kier alpha value is -3.41. The second kappa shape index (κ2) is 6.78. The van der Waals surface area contributed by atoms with Gasteiger partial charge in [0.05, 0.1) is 24.7 Å². The number of nitrogens with two attached hydrogens (primary N) is 1. The highest BCUT2D eigenvalue weighted by atomic mass is 16.5. The Balaban J connectivity index is 1.92. The molecule has 6 heteroatoms. The fraction of sp³-hybridized carbons (Fsp3) is 0.0556. The number of hydrogen-bond acceptors (Lipinski definition) is 5. The van der Waals surface area contributed by atoms with Crippen LogP contribution in [-0.2, 0) is 0 Å². The van der Waals surface area contributed by atoms with Gasteiger partial charge < -0.3 is 15.8 Å². The standard InChI is InChI=1S/C18H16N4O2/c1-24-15-10-6-5-9-13(15)22-18(23)16-17(19)20-11-14(21-16)12-7-3-2-4-8-12/h2-11H,1H3,(H2,19,20)(H,22,23). The molecule has 120 valence electrons. The molecule has 0 aliphatic rings. The summed E-state index contributed by atoms with van der Waals surface area (Å²) in [7, 11) is 1.54. The van der Waals surface area contributed by atoms with E-state index in [0.717, 1.165) is 5.56 Å². The Morgan fingerprint density at radius 1 is 1.08 bits per heavy atom. The van der Waals surface area contributed by atoms with E-state index in [1.165, 1.54) is 7.11 Å². The van der Waals surface area contributed by atoms with Crippen LogP contribution in [0.2, 0.25) is 0 Å². The monoisotopic (exact) mass is 320 g/mol. The average Bonchev–Trinajstić information content (AvgIpc) is 2.63. The molecule has 0 atom stereocenters. The first kappa shape index (κ1) is 15.5. The minimum absolute atomic E-state index is 0.0714. The summed E-state index contributed by atoms with van der Waals surface area (Å²) in [5, 5.41) is 2.75. The molecule has 0 bridgehead atoms. The Bertz CT molecular complexity index is 866. The Labute approximate surface area is 139 Å². The highest BCUT2D eigenvalue weighted by Crippen LogP contribution is 2.24. The molecule has 0 saturated heterocycles. The largest absolute Gasteiger partial charge is 0.495 e. The van der Waals surface area contributed by atoms with Crippen molar-refractivity contribution in [3.8, 4) is 17.0 Å². The summed E-state index contributed by atoms with van der Waals surface area (Å²) in [6.45, 7) is 0. The van der Waals surface area contributed by atoms with Crippen LogP contribution in [0.4, 0.5) is 11.5 Å². The van der Waals surface area contributed by atoms with Gasteiger partial charge in [0.25, 0.3) is 5.91 Å². The number of para-hydroxylation sites is 2. The molecule has 1 heterocycles. The first-order valence-electron chi connectivity index (χ1n) is 7.31. The van der Waals surface area contributed by atoms with Gasteiger partial charge in [-0.15, -0.1) is 0 Å². The summed E-state index contributed by atoms with van der Waals surface area (Å²) in [6, 6.07) is 16.6. The predicted octanol–water partition coefficient (Wildman–Crippen LogP) is 2.99. The molecule has 24 heavy (non-hydrogen) atoms. The maximum atomic E-state index is 12.5. The fourth-order valence-corrected chi connectivity index (χ4v) is 2.24. The number of rotatable bonds is 4. The van der Waals surface area contributed by atoms with Gasteiger partial charge in [-0.3, -0.25) is 4.79 Å². The number of nitrogen functional groups attached to an aromatic ring is 1. The highest BCUT2D eigenvalue weighted by Gasteiger charge is 2.16. The van der Waals surface area contributed by atoms with Crippen LogP contribution in [0.15, 0.2) is 60.8 Å². The lowest BCUT2D eigenvalue weighted by Gasteiger charge is -2.11. The van der Waals surface area contributed by atoms with Crippen molar-refractivity contribution in [3.05, 3.63) is 66.5 Å². The molecule has 1 aromatic heterocycles. The molecule has 0 aliphatic carbocycles. The number of amides is 1. The zero-order valence-electron chi connectivity index (χ0n) is 13.1. The normalized spacial score (nSPS) is 10.2. The minimum atomic E-state index is -0.442. The molecule has 3 rings (SSSR count). The van der Waals surface area contributed by atoms with Crippen molar-refractivity contribution in [1.29, 1.82) is 0 Å². The number of nitrogens with zero attached hydrogens (tertiary/aromatic N) is 2. The van der Waals surface area contributed by atoms with Gasteiger partial charge >= 0.3 is 0 Å². The number of hydrogen-bond donors (Lipinski definition) is 2. The van der Waals surface area contributed by atoms with Gasteiger partial charge in [0.15, 0.2) is 11.5 Å². The molecule has 0 saturated carbocycles. The Morgan fingerprint density at radius 3 is 2.54 bits per heavy atom. The lowest BCUT2D eigenvalue weighted by atomic mass is 10.1. The Kier molecular flexibility index (Phi) is 4.38. The zero-order valence-corrected chi connectivity index (χ0v) is 13.1. The van der Waals surface area contributed by atoms with Crippen LogP contribution in [0.5, 0.6) is 5.75 Å². The van der Waals surface area contributed by atoms with Crippen LogP contribution in [0.25, 0.3) is 11.3 Å². The van der Waals surface area contributed by atoms with E-state index in [1.807, 2.05) is 36.4 Å². The Morgan fingerprint density at radius 2 is 1.79 bits per heavy atom. The molecule has 6 nitrogen and oxygen atoms in total. The van der Waals surface area contributed by atoms with Gasteiger partial charge in [-0.05, 0) is 12.1 Å². The molecule has 0 radical (unpaired) electrons. The van der Waals surface area contributed by atoms with Gasteiger partial charge in [-0.1, -0.05) is 42.5 Å². The molecule has 0 aliphatic heterocycles. The van der Waals surface area contributed by atoms with Crippen molar-refractivity contribution >= 4 is 17.4 Å². The lowest BCUT2D eigenvalue weighted by Crippen LogP contribution is -2.17. The summed E-state index contributed by atoms with van der Waals surface area (Å²) in [4.78, 5) is 21.0. The van der Waals surface area contributed by atoms with Crippen molar-refractivity contribution in [3.63, 3.8) is 0 Å². The smallest absolute Gasteiger partial charge is 0.278 e. The third-order valence-electron chi connectivity index (χ3n) is 3.44. The molecule has 3 aromatic rings. The third-order valence-corrected chi connectivity index (χ3v) is 3.44. The van der Waals surface area contributed by atoms with E-state index in [2.05, 4.69) is 15.3 Å². The number of aromatic nitrogens is 2. The van der Waals surface area contributed by atoms with Crippen molar-refractivity contribution in [1.82, 2.24) is 9.97 Å². The number of carbonyl (C=O) groups excluding carboxylic acids is 1. The molecular weight excluding hydrogens is 304 g/mol. The lowest BCUT2D eigenvalue weighted by molar-refractivity contribution is 0.102. The molecule has 2 aromatic carbocycles. The summed E-state index contributed by atoms with van der Waals surface area (Å²) < 4.78 is 5.22. The predicted molar refractivity (Wildman–Crippen MR) is 92.8 cm³/mol. The second-order valence-corrected chi connectivity index (χ2v) is 5.01. The zero-order chi connectivity index (χ0) is 16.9. The number of benzene rings is 2. The number of methoxy groups -OCH3 is 1. The van der Waals surface area contributed by atoms with E-state index in [-0.39, 0.29) is 11.5 Å². The van der Waals surface area contributed by atoms with E-state index in [0.29, 0.717) is 17.1 Å². The van der Waals surface area contributed by atoms with E-state index in [4.69, 9.17) is 10.5 Å². The van der Waals surface area contributed by atoms with Crippen LogP contribution < -0.4 is 15.8 Å². The van der Waals surface area contributed by atoms with Crippen LogP contribution in [-0.4, -0.2) is 23.0 Å². The molecule has 0 fully saturated rings. The topological polar surface area (TPSA) is 90.1 Å². The van der Waals surface area contributed by atoms with E-state index >= 15 is 0 Å². The third kappa shape index (κ3) is 3.17. The van der Waals surface area contributed by atoms with Gasteiger partial charge in [-0.25, -0.2) is 9.97 Å². The summed E-state index contributed by atoms with van der Waals surface area (Å²) in [5.74, 6) is 0.181. The van der Waals surface area contributed by atoms with Crippen LogP contribution in [0.3, 0.4) is 0 Å². The number of carbonyl (C=O) groups is 1. The molecule has 1 amide bonds. The van der Waals surface area contributed by atoms with E-state index < -0.39 is 5.91 Å². The number of ether oxygens (including phenoxy) is 1. The SMILES string of the molecule is COc1ccccc1NC(=O)c1nc(-c2ccccc2)cnc1N. The van der Waals surface area contributed by atoms with Crippen LogP contribution in [0, 0.1) is 0 Å². The maximum Gasteiger partial charge on any atom is 0.278 e. The molecule has 0 unspecified atom stereocenters. The van der Waals surface area contributed by atoms with Gasteiger partial charge in [-0.2, -0.15) is 0 Å². The van der Waals surface area contributed by atoms with Crippen molar-refractivity contribution in [2.24, 2.45) is 0 Å². The molecule has 3 N–H and O–H groups in total. The summed E-state index contributed by atoms with van der Waals surface area (Å²) in [5.41, 5.74) is 7.87. The van der Waals surface area contributed by atoms with Crippen molar-refractivity contribution in [2.75, 3.05) is 18.2 Å². The second-order valence-electron chi connectivity index (χ2n) is 5.01. The highest BCUT2D eigenvalue weighted by molar-refractivity contribution is 6.06.